The Hall–Kier alpha value is -4.78. The molecule has 1 amide bonds. The molecule has 11 nitrogen and oxygen atoms in total. The second-order valence-electron chi connectivity index (χ2n) is 12.9. The molecule has 4 aromatic rings. The summed E-state index contributed by atoms with van der Waals surface area (Å²) in [6.45, 7) is 3.39. The number of aromatic nitrogens is 2. The number of likely N-dealkylation sites (N-methyl/N-ethyl adjacent to an activating group) is 1. The maximum Gasteiger partial charge on any atom is 0.335 e. The van der Waals surface area contributed by atoms with E-state index in [-0.39, 0.29) is 52.5 Å². The molecule has 0 aliphatic carbocycles. The van der Waals surface area contributed by atoms with Crippen LogP contribution in [0.25, 0.3) is 5.69 Å². The van der Waals surface area contributed by atoms with E-state index in [4.69, 9.17) is 22.1 Å². The number of nitrogen functional groups attached to an aromatic ring is 1. The van der Waals surface area contributed by atoms with E-state index in [2.05, 4.69) is 21.0 Å². The largest absolute Gasteiger partial charge is 0.478 e. The summed E-state index contributed by atoms with van der Waals surface area (Å²) in [5, 5.41) is 13.4. The van der Waals surface area contributed by atoms with E-state index in [1.807, 2.05) is 26.2 Å². The van der Waals surface area contributed by atoms with E-state index in [0.717, 1.165) is 54.0 Å². The lowest BCUT2D eigenvalue weighted by atomic mass is 9.86. The van der Waals surface area contributed by atoms with Crippen LogP contribution in [0.15, 0.2) is 66.9 Å². The number of anilines is 2. The molecular formula is C37H40ClFN6O5. The molecule has 1 unspecified atom stereocenters. The van der Waals surface area contributed by atoms with Crippen LogP contribution in [0.4, 0.5) is 15.9 Å². The molecule has 0 radical (unpaired) electrons. The fourth-order valence-corrected chi connectivity index (χ4v) is 6.94. The van der Waals surface area contributed by atoms with E-state index in [1.54, 1.807) is 18.2 Å². The predicted molar refractivity (Wildman–Crippen MR) is 189 cm³/mol. The number of aromatic carboxylic acids is 1. The molecule has 1 aromatic heterocycles. The van der Waals surface area contributed by atoms with Crippen molar-refractivity contribution >= 4 is 40.8 Å². The van der Waals surface area contributed by atoms with Crippen molar-refractivity contribution < 1.29 is 28.6 Å². The number of amides is 1. The number of carboxylic acids is 1. The van der Waals surface area contributed by atoms with E-state index >= 15 is 0 Å². The lowest BCUT2D eigenvalue weighted by molar-refractivity contribution is -0.123. The molecular weight excluding hydrogens is 663 g/mol. The third-order valence-electron chi connectivity index (χ3n) is 9.41. The van der Waals surface area contributed by atoms with Crippen molar-refractivity contribution in [1.29, 1.82) is 0 Å². The topological polar surface area (TPSA) is 134 Å². The van der Waals surface area contributed by atoms with Gasteiger partial charge in [0.2, 0.25) is 0 Å². The molecule has 262 valence electrons. The van der Waals surface area contributed by atoms with Crippen LogP contribution in [-0.4, -0.2) is 95.3 Å². The molecule has 3 heterocycles. The number of ketones is 1. The normalized spacial score (nSPS) is 16.5. The summed E-state index contributed by atoms with van der Waals surface area (Å²) in [4.78, 5) is 45.9. The number of hydrogen-bond acceptors (Lipinski definition) is 8. The molecule has 3 aromatic carbocycles. The summed E-state index contributed by atoms with van der Waals surface area (Å²) < 4.78 is 22.1. The van der Waals surface area contributed by atoms with Crippen molar-refractivity contribution in [3.8, 4) is 5.69 Å². The van der Waals surface area contributed by atoms with E-state index < -0.39 is 23.7 Å². The number of ether oxygens (including phenoxy) is 1. The van der Waals surface area contributed by atoms with Gasteiger partial charge in [-0.3, -0.25) is 9.59 Å². The third-order valence-corrected chi connectivity index (χ3v) is 9.70. The van der Waals surface area contributed by atoms with Gasteiger partial charge in [0, 0.05) is 38.3 Å². The predicted octanol–water partition coefficient (Wildman–Crippen LogP) is 5.04. The molecule has 2 aliphatic rings. The number of nitrogens with zero attached hydrogens (tertiary/aromatic N) is 5. The van der Waals surface area contributed by atoms with Gasteiger partial charge in [-0.25, -0.2) is 13.9 Å². The zero-order valence-electron chi connectivity index (χ0n) is 28.0. The van der Waals surface area contributed by atoms with Crippen molar-refractivity contribution in [2.45, 2.75) is 37.8 Å². The number of benzene rings is 3. The Bertz CT molecular complexity index is 1890. The molecule has 0 bridgehead atoms. The van der Waals surface area contributed by atoms with Gasteiger partial charge in [0.15, 0.2) is 11.6 Å². The van der Waals surface area contributed by atoms with Crippen molar-refractivity contribution in [3.05, 3.63) is 106 Å². The van der Waals surface area contributed by atoms with Crippen LogP contribution in [-0.2, 0) is 22.4 Å². The summed E-state index contributed by atoms with van der Waals surface area (Å²) in [7, 11) is 4.05. The SMILES string of the molecule is CN(C)CCOC1CCN(c2cccc3c2CCN(C(=O)c2cnn(-c4cccc(Cl)c4F)c2N)C3C(=O)Cc2ccc(C(=O)O)cc2)CC1. The first kappa shape index (κ1) is 35.1. The van der Waals surface area contributed by atoms with Crippen LogP contribution >= 0.6 is 11.6 Å². The molecule has 1 fully saturated rings. The second kappa shape index (κ2) is 15.0. The highest BCUT2D eigenvalue weighted by Gasteiger charge is 2.39. The average Bonchev–Trinajstić information content (AvgIpc) is 3.49. The molecule has 0 spiro atoms. The molecule has 1 atom stereocenters. The van der Waals surface area contributed by atoms with Gasteiger partial charge >= 0.3 is 5.97 Å². The highest BCUT2D eigenvalue weighted by atomic mass is 35.5. The van der Waals surface area contributed by atoms with Crippen LogP contribution in [0.1, 0.15) is 56.3 Å². The van der Waals surface area contributed by atoms with Crippen LogP contribution in [0.2, 0.25) is 5.02 Å². The van der Waals surface area contributed by atoms with E-state index in [9.17, 15) is 23.9 Å². The number of carboxylic acid groups (broad SMARTS) is 1. The van der Waals surface area contributed by atoms with Gasteiger partial charge in [-0.2, -0.15) is 5.10 Å². The molecule has 6 rings (SSSR count). The number of halogens is 2. The standard InChI is InChI=1S/C37H40ClFN6O5/c1-42(2)19-20-50-25-13-16-43(17-14-25)30-7-3-5-27-26(30)15-18-44(34(27)32(46)21-23-9-11-24(12-10-23)37(48)49)36(47)28-22-41-45(35(28)40)31-8-4-6-29(38)33(31)39/h3-12,22,25,34H,13-21,40H2,1-2H3,(H,48,49). The van der Waals surface area contributed by atoms with Gasteiger partial charge in [0.05, 0.1) is 29.5 Å². The minimum absolute atomic E-state index is 0.00742. The Balaban J connectivity index is 1.31. The Morgan fingerprint density at radius 3 is 2.42 bits per heavy atom. The number of carbonyl (C=O) groups is 3. The van der Waals surface area contributed by atoms with Gasteiger partial charge in [-0.05, 0) is 80.4 Å². The van der Waals surface area contributed by atoms with E-state index in [1.165, 1.54) is 35.4 Å². The smallest absolute Gasteiger partial charge is 0.335 e. The lowest BCUT2D eigenvalue weighted by Gasteiger charge is -2.40. The monoisotopic (exact) mass is 702 g/mol. The number of hydrogen-bond donors (Lipinski definition) is 2. The summed E-state index contributed by atoms with van der Waals surface area (Å²) in [6.07, 6.45) is 3.70. The highest BCUT2D eigenvalue weighted by molar-refractivity contribution is 6.30. The first-order valence-corrected chi connectivity index (χ1v) is 17.0. The second-order valence-corrected chi connectivity index (χ2v) is 13.3. The van der Waals surface area contributed by atoms with Crippen molar-refractivity contribution in [3.63, 3.8) is 0 Å². The Kier molecular flexibility index (Phi) is 10.5. The number of nitrogens with two attached hydrogens (primary N) is 1. The fraction of sp³-hybridized carbons (Fsp3) is 0.351. The summed E-state index contributed by atoms with van der Waals surface area (Å²) in [6, 6.07) is 15.5. The zero-order chi connectivity index (χ0) is 35.5. The van der Waals surface area contributed by atoms with Crippen LogP contribution in [0, 0.1) is 5.82 Å². The number of Topliss-reactive ketones (excluding diaryl/α,β-unsaturated/α-hetero) is 1. The Morgan fingerprint density at radius 2 is 1.72 bits per heavy atom. The molecule has 3 N–H and O–H groups in total. The quantitative estimate of drug-likeness (QED) is 0.220. The lowest BCUT2D eigenvalue weighted by Crippen LogP contribution is -2.45. The molecule has 50 heavy (non-hydrogen) atoms. The maximum atomic E-state index is 14.9. The average molecular weight is 703 g/mol. The number of piperidine rings is 1. The number of carbonyl (C=O) groups excluding carboxylic acids is 2. The van der Waals surface area contributed by atoms with Gasteiger partial charge < -0.3 is 30.3 Å². The Morgan fingerprint density at radius 1 is 1.02 bits per heavy atom. The minimum atomic E-state index is -1.06. The maximum absolute atomic E-state index is 14.9. The number of fused-ring (bicyclic) bond motifs is 1. The van der Waals surface area contributed by atoms with Crippen LogP contribution in [0.5, 0.6) is 0 Å². The van der Waals surface area contributed by atoms with Gasteiger partial charge in [0.1, 0.15) is 23.1 Å². The third kappa shape index (κ3) is 7.23. The van der Waals surface area contributed by atoms with Gasteiger partial charge in [-0.15, -0.1) is 0 Å². The van der Waals surface area contributed by atoms with Crippen molar-refractivity contribution in [1.82, 2.24) is 19.6 Å². The fourth-order valence-electron chi connectivity index (χ4n) is 6.77. The zero-order valence-corrected chi connectivity index (χ0v) is 28.8. The molecule has 2 aliphatic heterocycles. The highest BCUT2D eigenvalue weighted by Crippen LogP contribution is 2.39. The van der Waals surface area contributed by atoms with Gasteiger partial charge in [-0.1, -0.05) is 41.9 Å². The minimum Gasteiger partial charge on any atom is -0.478 e. The molecule has 1 saturated heterocycles. The summed E-state index contributed by atoms with van der Waals surface area (Å²) >= 11 is 6.00. The van der Waals surface area contributed by atoms with Crippen LogP contribution < -0.4 is 10.6 Å². The summed E-state index contributed by atoms with van der Waals surface area (Å²) in [5.74, 6) is -2.62. The van der Waals surface area contributed by atoms with Crippen molar-refractivity contribution in [2.24, 2.45) is 0 Å². The van der Waals surface area contributed by atoms with Crippen LogP contribution in [0.3, 0.4) is 0 Å². The first-order valence-electron chi connectivity index (χ1n) is 16.6. The van der Waals surface area contributed by atoms with Crippen molar-refractivity contribution in [2.75, 3.05) is 57.5 Å². The molecule has 13 heteroatoms. The molecule has 0 saturated carbocycles. The Labute approximate surface area is 295 Å². The number of rotatable bonds is 11. The van der Waals surface area contributed by atoms with E-state index in [0.29, 0.717) is 18.6 Å². The first-order chi connectivity index (χ1) is 24.0. The summed E-state index contributed by atoms with van der Waals surface area (Å²) in [5.41, 5.74) is 9.94. The van der Waals surface area contributed by atoms with Gasteiger partial charge in [0.25, 0.3) is 5.91 Å².